The van der Waals surface area contributed by atoms with E-state index in [1.807, 2.05) is 24.4 Å². The quantitative estimate of drug-likeness (QED) is 0.201. The molecule has 1 amide bonds. The van der Waals surface area contributed by atoms with Crippen molar-refractivity contribution in [2.24, 2.45) is 14.1 Å². The predicted octanol–water partition coefficient (Wildman–Crippen LogP) is 5.02. The SMILES string of the molecule is Cn1cc(C(=O)Nc2ccc(Cc3ccc4c(c3)COC4)cn2)ccc1=O.Cn1cc(C(=O)O)ccc1=O.Nc1ccc(Cc2ccc3c(c2)COC3)cn1. The van der Waals surface area contributed by atoms with E-state index in [4.69, 9.17) is 20.3 Å². The number of hydrogen-bond acceptors (Lipinski definition) is 9. The van der Waals surface area contributed by atoms with E-state index in [1.54, 1.807) is 19.3 Å². The number of nitrogens with zero attached hydrogens (tertiary/aromatic N) is 4. The molecule has 0 atom stereocenters. The molecule has 0 fully saturated rings. The van der Waals surface area contributed by atoms with Crippen LogP contribution in [0.4, 0.5) is 11.6 Å². The molecule has 0 saturated heterocycles. The lowest BCUT2D eigenvalue weighted by molar-refractivity contribution is 0.0695. The summed E-state index contributed by atoms with van der Waals surface area (Å²) >= 11 is 0. The molecule has 2 aromatic carbocycles. The normalized spacial score (nSPS) is 12.3. The number of pyridine rings is 4. The van der Waals surface area contributed by atoms with E-state index in [-0.39, 0.29) is 22.6 Å². The number of carbonyl (C=O) groups excluding carboxylic acids is 1. The monoisotopic (exact) mass is 740 g/mol. The van der Waals surface area contributed by atoms with Gasteiger partial charge in [-0.15, -0.1) is 0 Å². The molecule has 0 radical (unpaired) electrons. The smallest absolute Gasteiger partial charge is 0.337 e. The van der Waals surface area contributed by atoms with Crippen molar-refractivity contribution in [3.8, 4) is 0 Å². The summed E-state index contributed by atoms with van der Waals surface area (Å²) in [6.07, 6.45) is 8.04. The minimum atomic E-state index is -1.03. The second-order valence-corrected chi connectivity index (χ2v) is 13.2. The Bertz CT molecular complexity index is 2440. The molecule has 4 N–H and O–H groups in total. The van der Waals surface area contributed by atoms with Crippen LogP contribution in [0.1, 0.15) is 65.2 Å². The summed E-state index contributed by atoms with van der Waals surface area (Å²) in [4.78, 5) is 53.2. The van der Waals surface area contributed by atoms with E-state index < -0.39 is 5.97 Å². The van der Waals surface area contributed by atoms with Crippen molar-refractivity contribution in [1.29, 1.82) is 0 Å². The molecule has 6 heterocycles. The molecule has 0 spiro atoms. The van der Waals surface area contributed by atoms with Gasteiger partial charge < -0.3 is 34.8 Å². The Morgan fingerprint density at radius 1 is 0.655 bits per heavy atom. The van der Waals surface area contributed by atoms with E-state index in [0.29, 0.717) is 30.4 Å². The lowest BCUT2D eigenvalue weighted by Crippen LogP contribution is -2.19. The highest BCUT2D eigenvalue weighted by atomic mass is 16.5. The second kappa shape index (κ2) is 17.4. The van der Waals surface area contributed by atoms with Crippen LogP contribution < -0.4 is 22.2 Å². The van der Waals surface area contributed by atoms with Gasteiger partial charge in [0.25, 0.3) is 5.91 Å². The standard InChI is InChI=1S/C21H19N3O3.C14H14N2O.C7H7NO3/c1-24-11-16(5-7-20(24)25)21(26)23-19-6-3-15(10-22-19)8-14-2-4-17-12-27-13-18(17)9-14;15-14-4-2-11(7-16-14)5-10-1-3-12-8-17-9-13(12)6-10;1-8-4-5(7(10)11)2-3-6(8)9/h2-7,9-11H,8,12-13H2,1H3,(H,22,23,26);1-4,6-7H,5,8-9H2,(H2,15,16);2-4H,1H3,(H,10,11). The first-order valence-corrected chi connectivity index (χ1v) is 17.4. The largest absolute Gasteiger partial charge is 0.478 e. The Hall–Kier alpha value is -6.70. The van der Waals surface area contributed by atoms with Gasteiger partial charge in [-0.05, 0) is 81.6 Å². The highest BCUT2D eigenvalue weighted by Crippen LogP contribution is 2.23. The number of benzene rings is 2. The van der Waals surface area contributed by atoms with E-state index in [9.17, 15) is 19.2 Å². The second-order valence-electron chi connectivity index (χ2n) is 13.2. The van der Waals surface area contributed by atoms with Crippen LogP contribution in [0.15, 0.2) is 119 Å². The number of carboxylic acids is 1. The highest BCUT2D eigenvalue weighted by Gasteiger charge is 2.13. The zero-order valence-electron chi connectivity index (χ0n) is 30.4. The van der Waals surface area contributed by atoms with Gasteiger partial charge in [-0.25, -0.2) is 14.8 Å². The highest BCUT2D eigenvalue weighted by molar-refractivity contribution is 6.03. The molecule has 13 heteroatoms. The average Bonchev–Trinajstić information content (AvgIpc) is 3.85. The average molecular weight is 741 g/mol. The first-order valence-electron chi connectivity index (χ1n) is 17.4. The lowest BCUT2D eigenvalue weighted by atomic mass is 10.0. The summed E-state index contributed by atoms with van der Waals surface area (Å²) in [5, 5.41) is 11.2. The number of nitrogens with two attached hydrogens (primary N) is 1. The third-order valence-corrected chi connectivity index (χ3v) is 8.98. The molecule has 13 nitrogen and oxygen atoms in total. The van der Waals surface area contributed by atoms with Crippen LogP contribution in [0, 0.1) is 0 Å². The third kappa shape index (κ3) is 10.3. The van der Waals surface area contributed by atoms with Crippen molar-refractivity contribution in [2.45, 2.75) is 39.3 Å². The number of amides is 1. The molecule has 0 unspecified atom stereocenters. The number of ether oxygens (including phenoxy) is 2. The third-order valence-electron chi connectivity index (χ3n) is 8.98. The van der Waals surface area contributed by atoms with Crippen molar-refractivity contribution >= 4 is 23.5 Å². The number of carbonyl (C=O) groups is 2. The van der Waals surface area contributed by atoms with E-state index >= 15 is 0 Å². The summed E-state index contributed by atoms with van der Waals surface area (Å²) in [6.45, 7) is 2.86. The number of aryl methyl sites for hydroxylation is 2. The number of anilines is 2. The number of nitrogen functional groups attached to an aromatic ring is 1. The summed E-state index contributed by atoms with van der Waals surface area (Å²) in [5.74, 6) is -0.291. The van der Waals surface area contributed by atoms with Gasteiger partial charge in [-0.1, -0.05) is 48.5 Å². The summed E-state index contributed by atoms with van der Waals surface area (Å²) < 4.78 is 13.5. The van der Waals surface area contributed by atoms with E-state index in [2.05, 4.69) is 51.7 Å². The Balaban J connectivity index is 0.000000156. The van der Waals surface area contributed by atoms with Crippen molar-refractivity contribution < 1.29 is 24.2 Å². The van der Waals surface area contributed by atoms with Crippen molar-refractivity contribution in [2.75, 3.05) is 11.1 Å². The van der Waals surface area contributed by atoms with Crippen LogP contribution in [-0.2, 0) is 62.8 Å². The Labute approximate surface area is 316 Å². The van der Waals surface area contributed by atoms with Crippen LogP contribution >= 0.6 is 0 Å². The fourth-order valence-electron chi connectivity index (χ4n) is 5.92. The molecule has 0 saturated carbocycles. The van der Waals surface area contributed by atoms with Gasteiger partial charge in [-0.2, -0.15) is 0 Å². The number of fused-ring (bicyclic) bond motifs is 2. The Morgan fingerprint density at radius 2 is 1.15 bits per heavy atom. The molecule has 2 aliphatic heterocycles. The summed E-state index contributed by atoms with van der Waals surface area (Å²) in [6, 6.07) is 25.9. The first-order chi connectivity index (χ1) is 26.5. The predicted molar refractivity (Wildman–Crippen MR) is 207 cm³/mol. The number of nitrogens with one attached hydrogen (secondary N) is 1. The number of aromatic carboxylic acids is 1. The minimum absolute atomic E-state index is 0.118. The molecule has 0 bridgehead atoms. The van der Waals surface area contributed by atoms with Gasteiger partial charge in [0, 0.05) is 51.0 Å². The number of carboxylic acid groups (broad SMARTS) is 1. The fraction of sp³-hybridized carbons (Fsp3) is 0.190. The Kier molecular flexibility index (Phi) is 12.0. The molecule has 8 rings (SSSR count). The molecular formula is C42H40N6O7. The van der Waals surface area contributed by atoms with Gasteiger partial charge in [0.2, 0.25) is 11.1 Å². The van der Waals surface area contributed by atoms with Crippen molar-refractivity contribution in [3.63, 3.8) is 0 Å². The molecule has 55 heavy (non-hydrogen) atoms. The molecule has 4 aromatic heterocycles. The maximum Gasteiger partial charge on any atom is 0.337 e. The zero-order valence-corrected chi connectivity index (χ0v) is 30.4. The van der Waals surface area contributed by atoms with Crippen LogP contribution in [0.2, 0.25) is 0 Å². The van der Waals surface area contributed by atoms with Crippen molar-refractivity contribution in [3.05, 3.63) is 186 Å². The first kappa shape index (κ1) is 38.0. The molecule has 280 valence electrons. The Morgan fingerprint density at radius 3 is 1.64 bits per heavy atom. The minimum Gasteiger partial charge on any atom is -0.478 e. The van der Waals surface area contributed by atoms with Crippen LogP contribution in [0.3, 0.4) is 0 Å². The summed E-state index contributed by atoms with van der Waals surface area (Å²) in [5.41, 5.74) is 15.6. The lowest BCUT2D eigenvalue weighted by Gasteiger charge is -2.07. The zero-order chi connectivity index (χ0) is 38.9. The van der Waals surface area contributed by atoms with Gasteiger partial charge in [-0.3, -0.25) is 14.4 Å². The maximum atomic E-state index is 12.3. The van der Waals surface area contributed by atoms with Crippen molar-refractivity contribution in [1.82, 2.24) is 19.1 Å². The van der Waals surface area contributed by atoms with E-state index in [1.165, 1.54) is 91.8 Å². The molecule has 6 aromatic rings. The maximum absolute atomic E-state index is 12.3. The van der Waals surface area contributed by atoms with E-state index in [0.717, 1.165) is 31.6 Å². The van der Waals surface area contributed by atoms with Gasteiger partial charge in [0.05, 0.1) is 37.6 Å². The van der Waals surface area contributed by atoms with Crippen LogP contribution in [0.25, 0.3) is 0 Å². The summed E-state index contributed by atoms with van der Waals surface area (Å²) in [7, 11) is 3.12. The number of rotatable bonds is 7. The molecular weight excluding hydrogens is 700 g/mol. The molecule has 0 aliphatic carbocycles. The number of hydrogen-bond donors (Lipinski definition) is 3. The van der Waals surface area contributed by atoms with Crippen LogP contribution in [-0.4, -0.2) is 36.1 Å². The van der Waals surface area contributed by atoms with Gasteiger partial charge in [0.1, 0.15) is 11.6 Å². The molecule has 2 aliphatic rings. The fourth-order valence-corrected chi connectivity index (χ4v) is 5.92. The van der Waals surface area contributed by atoms with Crippen LogP contribution in [0.5, 0.6) is 0 Å². The number of aromatic nitrogens is 4. The van der Waals surface area contributed by atoms with Gasteiger partial charge >= 0.3 is 5.97 Å². The topological polar surface area (TPSA) is 181 Å². The van der Waals surface area contributed by atoms with Gasteiger partial charge in [0.15, 0.2) is 0 Å².